The summed E-state index contributed by atoms with van der Waals surface area (Å²) in [5, 5.41) is 22.7. The molecule has 4 aromatic heterocycles. The van der Waals surface area contributed by atoms with Crippen LogP contribution in [0.1, 0.15) is 120 Å². The molecule has 0 amide bonds. The van der Waals surface area contributed by atoms with Crippen LogP contribution in [0.15, 0.2) is 0 Å². The Bertz CT molecular complexity index is 2030. The molecule has 4 aromatic rings. The van der Waals surface area contributed by atoms with E-state index in [4.69, 9.17) is 0 Å². The lowest BCUT2D eigenvalue weighted by molar-refractivity contribution is -0.138. The van der Waals surface area contributed by atoms with Crippen LogP contribution in [-0.2, 0) is 35.3 Å². The number of unbranched alkanes of at least 4 members (excludes halogenated alkanes) is 2. The molecule has 1 aliphatic heterocycles. The fourth-order valence-electron chi connectivity index (χ4n) is 7.07. The molecule has 8 nitrogen and oxygen atoms in total. The molecule has 244 valence electrons. The van der Waals surface area contributed by atoms with Gasteiger partial charge in [-0.1, -0.05) is 13.8 Å². The Labute approximate surface area is 270 Å². The average Bonchev–Trinajstić information content (AvgIpc) is 3.66. The second-order valence-electron chi connectivity index (χ2n) is 12.7. The third-order valence-electron chi connectivity index (χ3n) is 9.80. The van der Waals surface area contributed by atoms with Crippen molar-refractivity contribution in [2.45, 2.75) is 106 Å². The molecule has 5 rings (SSSR count). The van der Waals surface area contributed by atoms with Crippen molar-refractivity contribution in [2.75, 3.05) is 0 Å². The third-order valence-corrected chi connectivity index (χ3v) is 9.80. The highest BCUT2D eigenvalue weighted by molar-refractivity contribution is 5.67. The monoisotopic (exact) mass is 624 g/mol. The number of rotatable bonds is 12. The quantitative estimate of drug-likeness (QED) is 0.113. The van der Waals surface area contributed by atoms with Crippen molar-refractivity contribution in [2.24, 2.45) is 0 Å². The van der Waals surface area contributed by atoms with Crippen LogP contribution in [-0.4, -0.2) is 42.1 Å². The first-order valence-corrected chi connectivity index (χ1v) is 16.7. The van der Waals surface area contributed by atoms with Gasteiger partial charge in [-0.3, -0.25) is 9.59 Å². The van der Waals surface area contributed by atoms with Crippen molar-refractivity contribution in [3.8, 4) is 0 Å². The summed E-state index contributed by atoms with van der Waals surface area (Å²) >= 11 is 0. The Kier molecular flexibility index (Phi) is 9.94. The van der Waals surface area contributed by atoms with Gasteiger partial charge in [0.05, 0.1) is 0 Å². The molecule has 0 aromatic carbocycles. The summed E-state index contributed by atoms with van der Waals surface area (Å²) in [7, 11) is 0. The fourth-order valence-corrected chi connectivity index (χ4v) is 7.07. The fraction of sp³-hybridized carbons (Fsp3) is 0.421. The molecule has 0 saturated heterocycles. The summed E-state index contributed by atoms with van der Waals surface area (Å²) < 4.78 is 0. The lowest BCUT2D eigenvalue weighted by atomic mass is 10.0. The first-order chi connectivity index (χ1) is 22.0. The van der Waals surface area contributed by atoms with Gasteiger partial charge in [-0.15, -0.1) is 0 Å². The molecule has 6 N–H and O–H groups in total. The number of aromatic amines is 4. The van der Waals surface area contributed by atoms with Crippen LogP contribution >= 0.6 is 0 Å². The Balaban J connectivity index is 1.79. The topological polar surface area (TPSA) is 138 Å². The summed E-state index contributed by atoms with van der Waals surface area (Å²) in [5.41, 5.74) is 14.1. The molecule has 1 aliphatic rings. The van der Waals surface area contributed by atoms with Gasteiger partial charge in [-0.25, -0.2) is 0 Å². The number of carboxylic acids is 2. The van der Waals surface area contributed by atoms with E-state index < -0.39 is 11.9 Å². The Morgan fingerprint density at radius 3 is 1.46 bits per heavy atom. The second-order valence-corrected chi connectivity index (χ2v) is 12.7. The van der Waals surface area contributed by atoms with Gasteiger partial charge in [0.2, 0.25) is 0 Å². The predicted molar refractivity (Wildman–Crippen MR) is 184 cm³/mol. The number of hydrogen-bond donors (Lipinski definition) is 6. The Morgan fingerprint density at radius 2 is 0.913 bits per heavy atom. The van der Waals surface area contributed by atoms with Crippen LogP contribution in [0.2, 0.25) is 0 Å². The lowest BCUT2D eigenvalue weighted by Gasteiger charge is -2.04. The number of nitrogens with one attached hydrogen (secondary N) is 4. The first-order valence-electron chi connectivity index (χ1n) is 16.7. The van der Waals surface area contributed by atoms with Crippen molar-refractivity contribution in [1.82, 2.24) is 19.9 Å². The molecule has 0 radical (unpaired) electrons. The molecular weight excluding hydrogens is 576 g/mol. The van der Waals surface area contributed by atoms with Crippen LogP contribution in [0, 0.1) is 27.7 Å². The lowest BCUT2D eigenvalue weighted by Crippen LogP contribution is -2.13. The molecule has 8 heteroatoms. The SMILES string of the molecule is CCc1c2[nH]c(c1C)C=c1[nH]c(c(CCCCC(=O)O)c1C)=Cc1[nH]c(c(C)c1CCCCC(=O)O)C=c1[nH]c(c(C)c1CC)=C2. The molecule has 46 heavy (non-hydrogen) atoms. The van der Waals surface area contributed by atoms with Gasteiger partial charge in [0.25, 0.3) is 0 Å². The van der Waals surface area contributed by atoms with Gasteiger partial charge in [0.1, 0.15) is 0 Å². The molecule has 0 atom stereocenters. The molecule has 0 aliphatic carbocycles. The average molecular weight is 625 g/mol. The van der Waals surface area contributed by atoms with Crippen molar-refractivity contribution in [3.05, 3.63) is 88.7 Å². The molecule has 5 heterocycles. The van der Waals surface area contributed by atoms with Gasteiger partial charge < -0.3 is 30.1 Å². The third kappa shape index (κ3) is 6.71. The van der Waals surface area contributed by atoms with E-state index in [2.05, 4.69) is 85.8 Å². The Hall–Kier alpha value is -4.46. The normalized spacial score (nSPS) is 12.3. The van der Waals surface area contributed by atoms with Crippen LogP contribution in [0.4, 0.5) is 0 Å². The number of aromatic nitrogens is 4. The maximum absolute atomic E-state index is 11.2. The van der Waals surface area contributed by atoms with Gasteiger partial charge in [-0.05, 0) is 148 Å². The maximum atomic E-state index is 11.2. The van der Waals surface area contributed by atoms with Crippen molar-refractivity contribution < 1.29 is 19.8 Å². The number of H-pyrrole nitrogens is 4. The van der Waals surface area contributed by atoms with E-state index in [1.54, 1.807) is 0 Å². The smallest absolute Gasteiger partial charge is 0.303 e. The summed E-state index contributed by atoms with van der Waals surface area (Å²) in [4.78, 5) is 37.3. The van der Waals surface area contributed by atoms with Gasteiger partial charge in [0.15, 0.2) is 0 Å². The minimum atomic E-state index is -0.765. The van der Waals surface area contributed by atoms with Crippen LogP contribution < -0.4 is 21.4 Å². The summed E-state index contributed by atoms with van der Waals surface area (Å²) in [6.45, 7) is 13.1. The minimum absolute atomic E-state index is 0.164. The zero-order valence-corrected chi connectivity index (χ0v) is 28.1. The van der Waals surface area contributed by atoms with E-state index in [9.17, 15) is 19.8 Å². The minimum Gasteiger partial charge on any atom is -0.481 e. The van der Waals surface area contributed by atoms with Crippen molar-refractivity contribution in [1.29, 1.82) is 0 Å². The first kappa shape index (κ1) is 32.9. The van der Waals surface area contributed by atoms with Gasteiger partial charge in [-0.2, -0.15) is 0 Å². The van der Waals surface area contributed by atoms with Gasteiger partial charge >= 0.3 is 11.9 Å². The molecule has 0 unspecified atom stereocenters. The molecule has 8 bridgehead atoms. The second kappa shape index (κ2) is 13.9. The highest BCUT2D eigenvalue weighted by Crippen LogP contribution is 2.24. The number of carbonyl (C=O) groups is 2. The zero-order valence-electron chi connectivity index (χ0n) is 28.1. The van der Waals surface area contributed by atoms with E-state index in [1.165, 1.54) is 44.5 Å². The van der Waals surface area contributed by atoms with E-state index >= 15 is 0 Å². The summed E-state index contributed by atoms with van der Waals surface area (Å²) in [6.07, 6.45) is 15.4. The van der Waals surface area contributed by atoms with Crippen LogP contribution in [0.3, 0.4) is 0 Å². The van der Waals surface area contributed by atoms with Crippen LogP contribution in [0.25, 0.3) is 24.3 Å². The van der Waals surface area contributed by atoms with E-state index in [0.29, 0.717) is 12.8 Å². The zero-order chi connectivity index (χ0) is 33.1. The van der Waals surface area contributed by atoms with E-state index in [1.807, 2.05) is 0 Å². The number of fused-ring (bicyclic) bond motifs is 8. The predicted octanol–water partition coefficient (Wildman–Crippen LogP) is 4.58. The summed E-state index contributed by atoms with van der Waals surface area (Å²) in [6, 6.07) is 0. The van der Waals surface area contributed by atoms with Crippen molar-refractivity contribution in [3.63, 3.8) is 0 Å². The highest BCUT2D eigenvalue weighted by atomic mass is 16.4. The highest BCUT2D eigenvalue weighted by Gasteiger charge is 2.17. The van der Waals surface area contributed by atoms with Crippen LogP contribution in [0.5, 0.6) is 0 Å². The van der Waals surface area contributed by atoms with E-state index in [-0.39, 0.29) is 12.8 Å². The van der Waals surface area contributed by atoms with Crippen molar-refractivity contribution >= 4 is 36.2 Å². The maximum Gasteiger partial charge on any atom is 0.303 e. The molecular formula is C38H48N4O4. The molecule has 0 saturated carbocycles. The number of carboxylic acid groups (broad SMARTS) is 2. The Morgan fingerprint density at radius 1 is 0.500 bits per heavy atom. The van der Waals surface area contributed by atoms with Gasteiger partial charge in [0, 0.05) is 57.0 Å². The molecule has 0 fully saturated rings. The number of hydrogen-bond acceptors (Lipinski definition) is 2. The largest absolute Gasteiger partial charge is 0.481 e. The standard InChI is InChI=1S/C38H48N4O4/c1-7-25-21(3)29-17-30-23(5)27(13-9-11-15-37(43)44)35(41-30)20-36-28(14-10-12-16-38(45)46)24(6)32(42-36)19-34-26(8-2)22(4)31(40-34)18-33(25)39-29/h17-20,39-42H,7-16H2,1-6H3,(H,43,44)(H,45,46). The number of aliphatic carboxylic acids is 2. The molecule has 0 spiro atoms. The van der Waals surface area contributed by atoms with E-state index in [0.717, 1.165) is 82.7 Å². The summed E-state index contributed by atoms with van der Waals surface area (Å²) in [5.74, 6) is -1.53.